The average Bonchev–Trinajstić information content (AvgIpc) is 1.95. The molecule has 1 rings (SSSR count). The predicted octanol–water partition coefficient (Wildman–Crippen LogP) is 0.909. The number of alkyl halides is 1. The van der Waals surface area contributed by atoms with Crippen molar-refractivity contribution in [3.8, 4) is 0 Å². The Labute approximate surface area is 68.2 Å². The average molecular weight is 200 g/mol. The van der Waals surface area contributed by atoms with Gasteiger partial charge in [-0.3, -0.25) is 4.98 Å². The highest BCUT2D eigenvalue weighted by molar-refractivity contribution is 9.08. The van der Waals surface area contributed by atoms with E-state index in [1.165, 1.54) is 6.07 Å². The molecule has 0 saturated carbocycles. The number of hydrogen-bond donors (Lipinski definition) is 0. The van der Waals surface area contributed by atoms with Crippen LogP contribution >= 0.6 is 15.9 Å². The lowest BCUT2D eigenvalue weighted by Gasteiger charge is -1.97. The summed E-state index contributed by atoms with van der Waals surface area (Å²) in [7, 11) is 5.19. The second-order valence-corrected chi connectivity index (χ2v) is 2.36. The lowest BCUT2D eigenvalue weighted by Crippen LogP contribution is -2.14. The summed E-state index contributed by atoms with van der Waals surface area (Å²) >= 11 is 3.18. The van der Waals surface area contributed by atoms with Crippen LogP contribution in [0.3, 0.4) is 0 Å². The van der Waals surface area contributed by atoms with Gasteiger partial charge in [0.2, 0.25) is 0 Å². The van der Waals surface area contributed by atoms with Gasteiger partial charge in [-0.05, 0) is 12.1 Å². The molecule has 0 aromatic carbocycles. The minimum absolute atomic E-state index is 0.0445. The second-order valence-electron chi connectivity index (χ2n) is 1.80. The summed E-state index contributed by atoms with van der Waals surface area (Å²) in [5.41, 5.74) is 0.691. The van der Waals surface area contributed by atoms with Crippen molar-refractivity contribution in [2.75, 3.05) is 0 Å². The Morgan fingerprint density at radius 1 is 1.60 bits per heavy atom. The Morgan fingerprint density at radius 2 is 2.30 bits per heavy atom. The predicted molar refractivity (Wildman–Crippen MR) is 42.2 cm³/mol. The molecule has 4 heteroatoms. The molecule has 0 aliphatic heterocycles. The van der Waals surface area contributed by atoms with Gasteiger partial charge in [-0.1, -0.05) is 15.9 Å². The van der Waals surface area contributed by atoms with Crippen molar-refractivity contribution in [1.82, 2.24) is 4.98 Å². The molecule has 1 aromatic rings. The van der Waals surface area contributed by atoms with E-state index in [2.05, 4.69) is 20.9 Å². The Hall–Kier alpha value is -0.375. The van der Waals surface area contributed by atoms with Crippen molar-refractivity contribution in [3.05, 3.63) is 23.6 Å². The molecule has 50 valence electrons. The molecule has 0 fully saturated rings. The standard InChI is InChI=1S/C6H4BBrFN/c7-6-5(9)2-1-4(3-8)10-6/h1-2H,3H2. The summed E-state index contributed by atoms with van der Waals surface area (Å²) in [5.74, 6) is -0.468. The number of rotatable bonds is 1. The maximum atomic E-state index is 12.4. The minimum atomic E-state index is -0.468. The van der Waals surface area contributed by atoms with E-state index in [-0.39, 0.29) is 5.59 Å². The van der Waals surface area contributed by atoms with Crippen LogP contribution in [0.2, 0.25) is 0 Å². The highest BCUT2D eigenvalue weighted by atomic mass is 79.9. The molecule has 0 saturated heterocycles. The first kappa shape index (κ1) is 7.73. The van der Waals surface area contributed by atoms with Gasteiger partial charge in [0.25, 0.3) is 0 Å². The summed E-state index contributed by atoms with van der Waals surface area (Å²) < 4.78 is 12.4. The van der Waals surface area contributed by atoms with E-state index in [0.29, 0.717) is 5.33 Å². The third-order valence-corrected chi connectivity index (χ3v) is 1.64. The molecule has 0 atom stereocenters. The van der Waals surface area contributed by atoms with Crippen LogP contribution in [0.1, 0.15) is 5.69 Å². The highest BCUT2D eigenvalue weighted by Crippen LogP contribution is 1.99. The van der Waals surface area contributed by atoms with Gasteiger partial charge in [0, 0.05) is 10.9 Å². The number of aromatic nitrogens is 1. The van der Waals surface area contributed by atoms with Gasteiger partial charge in [-0.15, -0.1) is 0 Å². The molecule has 1 aromatic heterocycles. The van der Waals surface area contributed by atoms with Gasteiger partial charge in [0.05, 0.1) is 5.69 Å². The Balaban J connectivity index is 3.04. The Kier molecular flexibility index (Phi) is 2.43. The monoisotopic (exact) mass is 199 g/mol. The van der Waals surface area contributed by atoms with Gasteiger partial charge < -0.3 is 0 Å². The van der Waals surface area contributed by atoms with E-state index in [0.717, 1.165) is 5.69 Å². The van der Waals surface area contributed by atoms with Crippen LogP contribution in [-0.4, -0.2) is 12.8 Å². The topological polar surface area (TPSA) is 12.9 Å². The lowest BCUT2D eigenvalue weighted by molar-refractivity contribution is 0.630. The fourth-order valence-electron chi connectivity index (χ4n) is 0.575. The summed E-state index contributed by atoms with van der Waals surface area (Å²) in [6.45, 7) is 0. The van der Waals surface area contributed by atoms with Crippen molar-refractivity contribution >= 4 is 29.4 Å². The van der Waals surface area contributed by atoms with E-state index in [1.54, 1.807) is 6.07 Å². The van der Waals surface area contributed by atoms with E-state index in [4.69, 9.17) is 7.85 Å². The van der Waals surface area contributed by atoms with Crippen LogP contribution in [0.4, 0.5) is 4.39 Å². The first-order valence-electron chi connectivity index (χ1n) is 2.71. The SMILES string of the molecule is [B]c1nc(CBr)ccc1F. The summed E-state index contributed by atoms with van der Waals surface area (Å²) in [6, 6.07) is 2.89. The van der Waals surface area contributed by atoms with E-state index >= 15 is 0 Å². The van der Waals surface area contributed by atoms with E-state index < -0.39 is 5.82 Å². The molecular weight excluding hydrogens is 196 g/mol. The van der Waals surface area contributed by atoms with E-state index in [9.17, 15) is 4.39 Å². The quantitative estimate of drug-likeness (QED) is 0.484. The molecule has 0 amide bonds. The maximum Gasteiger partial charge on any atom is 0.145 e. The summed E-state index contributed by atoms with van der Waals surface area (Å²) in [6.07, 6.45) is 0. The van der Waals surface area contributed by atoms with Crippen LogP contribution < -0.4 is 5.59 Å². The minimum Gasteiger partial charge on any atom is -0.266 e. The van der Waals surface area contributed by atoms with Crippen molar-refractivity contribution < 1.29 is 4.39 Å². The number of pyridine rings is 1. The van der Waals surface area contributed by atoms with Gasteiger partial charge in [-0.25, -0.2) is 4.39 Å². The van der Waals surface area contributed by atoms with Crippen molar-refractivity contribution in [2.45, 2.75) is 5.33 Å². The lowest BCUT2D eigenvalue weighted by atomic mass is 10.0. The molecule has 0 bridgehead atoms. The van der Waals surface area contributed by atoms with Crippen molar-refractivity contribution in [3.63, 3.8) is 0 Å². The molecule has 0 unspecified atom stereocenters. The molecule has 0 aliphatic carbocycles. The Bertz CT molecular complexity index is 241. The molecule has 1 heterocycles. The Morgan fingerprint density at radius 3 is 2.80 bits per heavy atom. The third-order valence-electron chi connectivity index (χ3n) is 1.07. The fourth-order valence-corrected chi connectivity index (χ4v) is 0.887. The normalized spacial score (nSPS) is 9.80. The largest absolute Gasteiger partial charge is 0.266 e. The van der Waals surface area contributed by atoms with Gasteiger partial charge in [0.1, 0.15) is 13.7 Å². The van der Waals surface area contributed by atoms with Crippen LogP contribution in [0.25, 0.3) is 0 Å². The number of halogens is 2. The molecule has 0 spiro atoms. The van der Waals surface area contributed by atoms with Crippen molar-refractivity contribution in [2.24, 2.45) is 0 Å². The van der Waals surface area contributed by atoms with Gasteiger partial charge >= 0.3 is 0 Å². The maximum absolute atomic E-state index is 12.4. The molecule has 1 nitrogen and oxygen atoms in total. The molecule has 0 N–H and O–H groups in total. The van der Waals surface area contributed by atoms with Crippen LogP contribution in [0.5, 0.6) is 0 Å². The zero-order valence-corrected chi connectivity index (χ0v) is 6.73. The molecule has 10 heavy (non-hydrogen) atoms. The smallest absolute Gasteiger partial charge is 0.145 e. The number of nitrogens with zero attached hydrogens (tertiary/aromatic N) is 1. The highest BCUT2D eigenvalue weighted by Gasteiger charge is 1.97. The van der Waals surface area contributed by atoms with Gasteiger partial charge in [0.15, 0.2) is 0 Å². The van der Waals surface area contributed by atoms with Crippen LogP contribution in [0.15, 0.2) is 12.1 Å². The molecule has 0 aliphatic rings. The third kappa shape index (κ3) is 1.56. The molecule has 2 radical (unpaired) electrons. The first-order chi connectivity index (χ1) is 4.74. The molecular formula is C6H4BBrFN. The summed E-state index contributed by atoms with van der Waals surface area (Å²) in [4.78, 5) is 3.75. The van der Waals surface area contributed by atoms with Crippen LogP contribution in [-0.2, 0) is 5.33 Å². The zero-order valence-electron chi connectivity index (χ0n) is 5.14. The van der Waals surface area contributed by atoms with Crippen molar-refractivity contribution in [1.29, 1.82) is 0 Å². The first-order valence-corrected chi connectivity index (χ1v) is 3.83. The van der Waals surface area contributed by atoms with E-state index in [1.807, 2.05) is 0 Å². The zero-order chi connectivity index (χ0) is 7.56. The summed E-state index contributed by atoms with van der Waals surface area (Å²) in [5, 5.41) is 0.595. The number of hydrogen-bond acceptors (Lipinski definition) is 1. The van der Waals surface area contributed by atoms with Crippen LogP contribution in [0, 0.1) is 5.82 Å². The second kappa shape index (κ2) is 3.15. The van der Waals surface area contributed by atoms with Gasteiger partial charge in [-0.2, -0.15) is 0 Å². The fraction of sp³-hybridized carbons (Fsp3) is 0.167.